The summed E-state index contributed by atoms with van der Waals surface area (Å²) < 4.78 is 0. The van der Waals surface area contributed by atoms with Gasteiger partial charge in [0.15, 0.2) is 0 Å². The van der Waals surface area contributed by atoms with E-state index >= 15 is 0 Å². The molecule has 0 spiro atoms. The van der Waals surface area contributed by atoms with Crippen molar-refractivity contribution in [3.05, 3.63) is 0 Å². The van der Waals surface area contributed by atoms with E-state index in [0.717, 1.165) is 24.3 Å². The summed E-state index contributed by atoms with van der Waals surface area (Å²) in [7, 11) is 7.74. The molecule has 0 unspecified atom stereocenters. The van der Waals surface area contributed by atoms with E-state index in [9.17, 15) is 0 Å². The SMILES string of the molecule is C/C(CC/C(C)=N/N(C)C)=N\N(C)C. The van der Waals surface area contributed by atoms with Crippen LogP contribution in [0.25, 0.3) is 0 Å². The molecule has 0 heterocycles. The number of hydrogen-bond acceptors (Lipinski definition) is 4. The Labute approximate surface area is 87.3 Å². The van der Waals surface area contributed by atoms with Gasteiger partial charge in [-0.1, -0.05) is 0 Å². The second kappa shape index (κ2) is 6.40. The molecule has 0 aromatic heterocycles. The highest BCUT2D eigenvalue weighted by molar-refractivity contribution is 5.89. The highest BCUT2D eigenvalue weighted by Gasteiger charge is 1.96. The van der Waals surface area contributed by atoms with Crippen molar-refractivity contribution in [2.75, 3.05) is 28.2 Å². The monoisotopic (exact) mass is 198 g/mol. The summed E-state index contributed by atoms with van der Waals surface area (Å²) in [4.78, 5) is 0. The highest BCUT2D eigenvalue weighted by atomic mass is 15.4. The molecule has 0 aliphatic heterocycles. The molecule has 0 bridgehead atoms. The Balaban J connectivity index is 3.94. The fraction of sp³-hybridized carbons (Fsp3) is 0.800. The molecule has 4 nitrogen and oxygen atoms in total. The third-order valence-corrected chi connectivity index (χ3v) is 1.59. The lowest BCUT2D eigenvalue weighted by Crippen LogP contribution is -2.09. The van der Waals surface area contributed by atoms with Gasteiger partial charge in [0.2, 0.25) is 0 Å². The van der Waals surface area contributed by atoms with Gasteiger partial charge in [0.1, 0.15) is 0 Å². The zero-order valence-electron chi connectivity index (χ0n) is 10.2. The van der Waals surface area contributed by atoms with Crippen LogP contribution in [-0.4, -0.2) is 49.6 Å². The topological polar surface area (TPSA) is 31.2 Å². The lowest BCUT2D eigenvalue weighted by atomic mass is 10.2. The molecule has 0 amide bonds. The average molecular weight is 198 g/mol. The Morgan fingerprint density at radius 2 is 1.07 bits per heavy atom. The minimum absolute atomic E-state index is 0.974. The van der Waals surface area contributed by atoms with Gasteiger partial charge in [0.25, 0.3) is 0 Å². The summed E-state index contributed by atoms with van der Waals surface area (Å²) >= 11 is 0. The van der Waals surface area contributed by atoms with Crippen molar-refractivity contribution >= 4 is 11.4 Å². The normalized spacial score (nSPS) is 13.0. The molecule has 0 atom stereocenters. The van der Waals surface area contributed by atoms with Crippen molar-refractivity contribution in [1.82, 2.24) is 10.0 Å². The molecular formula is C10H22N4. The summed E-state index contributed by atoms with van der Waals surface area (Å²) in [5.74, 6) is 0. The van der Waals surface area contributed by atoms with Gasteiger partial charge >= 0.3 is 0 Å². The quantitative estimate of drug-likeness (QED) is 0.497. The van der Waals surface area contributed by atoms with Crippen molar-refractivity contribution in [3.8, 4) is 0 Å². The van der Waals surface area contributed by atoms with Gasteiger partial charge in [0, 0.05) is 39.6 Å². The lowest BCUT2D eigenvalue weighted by molar-refractivity contribution is 0.433. The van der Waals surface area contributed by atoms with E-state index < -0.39 is 0 Å². The minimum atomic E-state index is 0.974. The van der Waals surface area contributed by atoms with E-state index in [2.05, 4.69) is 10.2 Å². The van der Waals surface area contributed by atoms with Crippen LogP contribution < -0.4 is 0 Å². The van der Waals surface area contributed by atoms with Crippen molar-refractivity contribution in [1.29, 1.82) is 0 Å². The molecule has 0 fully saturated rings. The fourth-order valence-corrected chi connectivity index (χ4v) is 1.14. The van der Waals surface area contributed by atoms with Crippen LogP contribution in [0.4, 0.5) is 0 Å². The third kappa shape index (κ3) is 7.58. The first-order chi connectivity index (χ1) is 6.41. The van der Waals surface area contributed by atoms with Crippen LogP contribution in [0.3, 0.4) is 0 Å². The van der Waals surface area contributed by atoms with Crippen LogP contribution in [0.1, 0.15) is 26.7 Å². The van der Waals surface area contributed by atoms with Gasteiger partial charge in [-0.05, 0) is 26.7 Å². The van der Waals surface area contributed by atoms with Gasteiger partial charge in [-0.3, -0.25) is 0 Å². The summed E-state index contributed by atoms with van der Waals surface area (Å²) in [5.41, 5.74) is 2.28. The smallest absolute Gasteiger partial charge is 0.0353 e. The van der Waals surface area contributed by atoms with E-state index in [1.807, 2.05) is 52.1 Å². The Morgan fingerprint density at radius 1 is 0.786 bits per heavy atom. The molecule has 0 aliphatic carbocycles. The van der Waals surface area contributed by atoms with Gasteiger partial charge in [-0.2, -0.15) is 10.2 Å². The lowest BCUT2D eigenvalue weighted by Gasteiger charge is -2.09. The molecule has 14 heavy (non-hydrogen) atoms. The van der Waals surface area contributed by atoms with Gasteiger partial charge in [0.05, 0.1) is 0 Å². The van der Waals surface area contributed by atoms with Crippen molar-refractivity contribution in [3.63, 3.8) is 0 Å². The summed E-state index contributed by atoms with van der Waals surface area (Å²) in [5, 5.41) is 12.3. The molecule has 4 heteroatoms. The van der Waals surface area contributed by atoms with Crippen LogP contribution in [0.5, 0.6) is 0 Å². The number of hydrazone groups is 2. The maximum Gasteiger partial charge on any atom is 0.0353 e. The first-order valence-corrected chi connectivity index (χ1v) is 4.84. The second-order valence-corrected chi connectivity index (χ2v) is 3.86. The largest absolute Gasteiger partial charge is 0.303 e. The molecule has 0 radical (unpaired) electrons. The Bertz CT molecular complexity index is 192. The average Bonchev–Trinajstić information content (AvgIpc) is 1.98. The Kier molecular flexibility index (Phi) is 5.92. The van der Waals surface area contributed by atoms with Gasteiger partial charge in [-0.15, -0.1) is 0 Å². The predicted molar refractivity (Wildman–Crippen MR) is 62.8 cm³/mol. The van der Waals surface area contributed by atoms with E-state index in [-0.39, 0.29) is 0 Å². The van der Waals surface area contributed by atoms with Crippen molar-refractivity contribution in [2.24, 2.45) is 10.2 Å². The van der Waals surface area contributed by atoms with Crippen molar-refractivity contribution in [2.45, 2.75) is 26.7 Å². The van der Waals surface area contributed by atoms with E-state index in [0.29, 0.717) is 0 Å². The fourth-order valence-electron chi connectivity index (χ4n) is 1.14. The van der Waals surface area contributed by atoms with E-state index in [1.54, 1.807) is 0 Å². The summed E-state index contributed by atoms with van der Waals surface area (Å²) in [6, 6.07) is 0. The molecule has 0 aliphatic rings. The maximum absolute atomic E-state index is 4.31. The third-order valence-electron chi connectivity index (χ3n) is 1.59. The standard InChI is InChI=1S/C10H22N4/c1-9(11-13(3)4)7-8-10(2)12-14(5)6/h7-8H2,1-6H3/b11-9+,12-10+. The number of nitrogens with zero attached hydrogens (tertiary/aromatic N) is 4. The molecule has 82 valence electrons. The number of rotatable bonds is 5. The van der Waals surface area contributed by atoms with Gasteiger partial charge in [-0.25, -0.2) is 0 Å². The first kappa shape index (κ1) is 12.9. The van der Waals surface area contributed by atoms with Crippen LogP contribution in [0.15, 0.2) is 10.2 Å². The van der Waals surface area contributed by atoms with Crippen molar-refractivity contribution < 1.29 is 0 Å². The zero-order valence-corrected chi connectivity index (χ0v) is 10.2. The Morgan fingerprint density at radius 3 is 1.29 bits per heavy atom. The Hall–Kier alpha value is -1.06. The maximum atomic E-state index is 4.31. The highest BCUT2D eigenvalue weighted by Crippen LogP contribution is 1.97. The van der Waals surface area contributed by atoms with Crippen LogP contribution >= 0.6 is 0 Å². The van der Waals surface area contributed by atoms with Gasteiger partial charge < -0.3 is 10.0 Å². The van der Waals surface area contributed by atoms with E-state index in [1.165, 1.54) is 0 Å². The first-order valence-electron chi connectivity index (χ1n) is 4.84. The molecule has 0 N–H and O–H groups in total. The summed E-state index contributed by atoms with van der Waals surface area (Å²) in [6.07, 6.45) is 1.95. The second-order valence-electron chi connectivity index (χ2n) is 3.86. The zero-order chi connectivity index (χ0) is 11.1. The molecule has 0 saturated heterocycles. The molecular weight excluding hydrogens is 176 g/mol. The predicted octanol–water partition coefficient (Wildman–Crippen LogP) is 1.64. The van der Waals surface area contributed by atoms with Crippen LogP contribution in [-0.2, 0) is 0 Å². The van der Waals surface area contributed by atoms with Crippen LogP contribution in [0, 0.1) is 0 Å². The molecule has 0 aromatic carbocycles. The molecule has 0 rings (SSSR count). The van der Waals surface area contributed by atoms with E-state index in [4.69, 9.17) is 0 Å². The van der Waals surface area contributed by atoms with Crippen LogP contribution in [0.2, 0.25) is 0 Å². The minimum Gasteiger partial charge on any atom is -0.303 e. The summed E-state index contributed by atoms with van der Waals surface area (Å²) in [6.45, 7) is 4.09. The molecule has 0 saturated carbocycles. The number of hydrogen-bond donors (Lipinski definition) is 0. The molecule has 0 aromatic rings.